The van der Waals surface area contributed by atoms with Crippen molar-refractivity contribution >= 4 is 0 Å². The Balaban J connectivity index is 2.27. The molecule has 0 N–H and O–H groups in total. The SMILES string of the molecule is CCCC=C1Cc2ccccc2CC1=CCCC. The number of benzene rings is 1. The van der Waals surface area contributed by atoms with Crippen LogP contribution in [-0.2, 0) is 12.8 Å². The molecule has 18 heavy (non-hydrogen) atoms. The van der Waals surface area contributed by atoms with E-state index in [2.05, 4.69) is 50.3 Å². The van der Waals surface area contributed by atoms with Crippen LogP contribution in [-0.4, -0.2) is 0 Å². The summed E-state index contributed by atoms with van der Waals surface area (Å²) in [7, 11) is 0. The lowest BCUT2D eigenvalue weighted by molar-refractivity contribution is 0.894. The number of hydrogen-bond donors (Lipinski definition) is 0. The van der Waals surface area contributed by atoms with Gasteiger partial charge in [0.2, 0.25) is 0 Å². The molecule has 0 radical (unpaired) electrons. The number of fused-ring (bicyclic) bond motifs is 1. The van der Waals surface area contributed by atoms with Crippen LogP contribution >= 0.6 is 0 Å². The van der Waals surface area contributed by atoms with E-state index in [1.807, 2.05) is 0 Å². The minimum atomic E-state index is 1.13. The van der Waals surface area contributed by atoms with E-state index in [1.165, 1.54) is 36.8 Å². The molecular weight excluding hydrogens is 216 g/mol. The molecule has 0 heterocycles. The van der Waals surface area contributed by atoms with Gasteiger partial charge in [0.05, 0.1) is 0 Å². The molecule has 0 unspecified atom stereocenters. The first-order valence-corrected chi connectivity index (χ1v) is 7.30. The largest absolute Gasteiger partial charge is 0.0807 e. The van der Waals surface area contributed by atoms with Gasteiger partial charge in [-0.2, -0.15) is 0 Å². The van der Waals surface area contributed by atoms with Crippen molar-refractivity contribution in [1.82, 2.24) is 0 Å². The van der Waals surface area contributed by atoms with Gasteiger partial charge in [0.25, 0.3) is 0 Å². The molecule has 1 aliphatic carbocycles. The zero-order valence-corrected chi connectivity index (χ0v) is 11.7. The predicted octanol–water partition coefficient (Wildman–Crippen LogP) is 5.24. The first-order valence-electron chi connectivity index (χ1n) is 7.30. The molecule has 1 aromatic carbocycles. The summed E-state index contributed by atoms with van der Waals surface area (Å²) in [6.07, 6.45) is 12.1. The first kappa shape index (κ1) is 13.1. The molecule has 0 spiro atoms. The zero-order chi connectivity index (χ0) is 12.8. The second kappa shape index (κ2) is 6.58. The van der Waals surface area contributed by atoms with E-state index < -0.39 is 0 Å². The van der Waals surface area contributed by atoms with Gasteiger partial charge in [0.15, 0.2) is 0 Å². The van der Waals surface area contributed by atoms with Gasteiger partial charge in [0.1, 0.15) is 0 Å². The average molecular weight is 240 g/mol. The third-order valence-corrected chi connectivity index (χ3v) is 3.65. The number of rotatable bonds is 4. The summed E-state index contributed by atoms with van der Waals surface area (Å²) < 4.78 is 0. The van der Waals surface area contributed by atoms with Crippen molar-refractivity contribution in [1.29, 1.82) is 0 Å². The van der Waals surface area contributed by atoms with Crippen molar-refractivity contribution in [3.8, 4) is 0 Å². The molecule has 1 aromatic rings. The fraction of sp³-hybridized carbons (Fsp3) is 0.444. The Bertz CT molecular complexity index is 406. The maximum Gasteiger partial charge on any atom is -0.00234 e. The molecule has 0 saturated carbocycles. The van der Waals surface area contributed by atoms with Crippen LogP contribution in [0.2, 0.25) is 0 Å². The molecule has 0 fully saturated rings. The molecule has 0 aliphatic heterocycles. The van der Waals surface area contributed by atoms with Gasteiger partial charge < -0.3 is 0 Å². The highest BCUT2D eigenvalue weighted by molar-refractivity contribution is 5.47. The lowest BCUT2D eigenvalue weighted by Gasteiger charge is -2.22. The third-order valence-electron chi connectivity index (χ3n) is 3.65. The van der Waals surface area contributed by atoms with E-state index in [0.717, 1.165) is 12.8 Å². The maximum atomic E-state index is 2.46. The van der Waals surface area contributed by atoms with Gasteiger partial charge >= 0.3 is 0 Å². The van der Waals surface area contributed by atoms with Crippen molar-refractivity contribution in [3.63, 3.8) is 0 Å². The summed E-state index contributed by atoms with van der Waals surface area (Å²) >= 11 is 0. The standard InChI is InChI=1S/C18H24/c1-3-5-9-15-13-17-11-7-8-12-18(17)14-16(15)10-6-4-2/h7-12H,3-6,13-14H2,1-2H3. The van der Waals surface area contributed by atoms with E-state index in [9.17, 15) is 0 Å². The number of hydrogen-bond acceptors (Lipinski definition) is 0. The molecule has 0 saturated heterocycles. The van der Waals surface area contributed by atoms with Crippen LogP contribution < -0.4 is 0 Å². The smallest absolute Gasteiger partial charge is 0.00234 e. The van der Waals surface area contributed by atoms with E-state index in [-0.39, 0.29) is 0 Å². The van der Waals surface area contributed by atoms with Crippen LogP contribution in [0.1, 0.15) is 50.7 Å². The van der Waals surface area contributed by atoms with Crippen molar-refractivity contribution in [3.05, 3.63) is 58.7 Å². The summed E-state index contributed by atoms with van der Waals surface area (Å²) in [5.41, 5.74) is 6.19. The Hall–Kier alpha value is -1.30. The van der Waals surface area contributed by atoms with Crippen LogP contribution in [0, 0.1) is 0 Å². The van der Waals surface area contributed by atoms with E-state index >= 15 is 0 Å². The van der Waals surface area contributed by atoms with Crippen LogP contribution in [0.4, 0.5) is 0 Å². The van der Waals surface area contributed by atoms with E-state index in [4.69, 9.17) is 0 Å². The normalized spacial score (nSPS) is 19.2. The van der Waals surface area contributed by atoms with Gasteiger partial charge in [-0.3, -0.25) is 0 Å². The molecule has 0 amide bonds. The van der Waals surface area contributed by atoms with E-state index in [0.29, 0.717) is 0 Å². The molecule has 0 nitrogen and oxygen atoms in total. The Morgan fingerprint density at radius 3 is 1.67 bits per heavy atom. The third kappa shape index (κ3) is 3.13. The molecule has 2 rings (SSSR count). The summed E-state index contributed by atoms with van der Waals surface area (Å²) in [4.78, 5) is 0. The van der Waals surface area contributed by atoms with Crippen LogP contribution in [0.3, 0.4) is 0 Å². The maximum absolute atomic E-state index is 2.46. The average Bonchev–Trinajstić information content (AvgIpc) is 2.42. The molecular formula is C18H24. The van der Waals surface area contributed by atoms with Crippen LogP contribution in [0.5, 0.6) is 0 Å². The van der Waals surface area contributed by atoms with Crippen molar-refractivity contribution in [2.24, 2.45) is 0 Å². The second-order valence-corrected chi connectivity index (χ2v) is 5.16. The van der Waals surface area contributed by atoms with Crippen molar-refractivity contribution in [2.75, 3.05) is 0 Å². The summed E-state index contributed by atoms with van der Waals surface area (Å²) in [5, 5.41) is 0. The minimum Gasteiger partial charge on any atom is -0.0807 e. The highest BCUT2D eigenvalue weighted by atomic mass is 14.2. The first-order chi connectivity index (χ1) is 8.85. The van der Waals surface area contributed by atoms with Gasteiger partial charge in [-0.25, -0.2) is 0 Å². The summed E-state index contributed by atoms with van der Waals surface area (Å²) in [5.74, 6) is 0. The Kier molecular flexibility index (Phi) is 4.81. The number of unbranched alkanes of at least 4 members (excludes halogenated alkanes) is 2. The summed E-state index contributed by atoms with van der Waals surface area (Å²) in [6, 6.07) is 8.89. The van der Waals surface area contributed by atoms with Crippen molar-refractivity contribution in [2.45, 2.75) is 52.4 Å². The fourth-order valence-electron chi connectivity index (χ4n) is 2.58. The molecule has 0 aromatic heterocycles. The molecule has 0 atom stereocenters. The fourth-order valence-corrected chi connectivity index (χ4v) is 2.58. The number of allylic oxidation sites excluding steroid dienone is 4. The topological polar surface area (TPSA) is 0 Å². The van der Waals surface area contributed by atoms with Gasteiger partial charge in [-0.1, -0.05) is 63.1 Å². The van der Waals surface area contributed by atoms with Crippen LogP contribution in [0.25, 0.3) is 0 Å². The quantitative estimate of drug-likeness (QED) is 0.675. The zero-order valence-electron chi connectivity index (χ0n) is 11.7. The monoisotopic (exact) mass is 240 g/mol. The minimum absolute atomic E-state index is 1.13. The molecule has 0 heteroatoms. The summed E-state index contributed by atoms with van der Waals surface area (Å²) in [6.45, 7) is 4.51. The predicted molar refractivity (Wildman–Crippen MR) is 79.8 cm³/mol. The lowest BCUT2D eigenvalue weighted by Crippen LogP contribution is -2.09. The highest BCUT2D eigenvalue weighted by Crippen LogP contribution is 2.30. The molecule has 0 bridgehead atoms. The molecule has 96 valence electrons. The highest BCUT2D eigenvalue weighted by Gasteiger charge is 2.16. The second-order valence-electron chi connectivity index (χ2n) is 5.16. The van der Waals surface area contributed by atoms with Gasteiger partial charge in [-0.15, -0.1) is 0 Å². The van der Waals surface area contributed by atoms with Gasteiger partial charge in [-0.05, 0) is 48.0 Å². The van der Waals surface area contributed by atoms with Crippen LogP contribution in [0.15, 0.2) is 47.6 Å². The Labute approximate surface area is 111 Å². The van der Waals surface area contributed by atoms with E-state index in [1.54, 1.807) is 11.1 Å². The lowest BCUT2D eigenvalue weighted by atomic mass is 9.83. The Morgan fingerprint density at radius 1 is 0.833 bits per heavy atom. The van der Waals surface area contributed by atoms with Gasteiger partial charge in [0, 0.05) is 0 Å². The van der Waals surface area contributed by atoms with Crippen molar-refractivity contribution < 1.29 is 0 Å². The Morgan fingerprint density at radius 2 is 1.28 bits per heavy atom. The molecule has 1 aliphatic rings.